The monoisotopic (exact) mass is 489 g/mol. The third-order valence-electron chi connectivity index (χ3n) is 4.36. The normalized spacial score (nSPS) is 11.3. The lowest BCUT2D eigenvalue weighted by Gasteiger charge is -2.11. The lowest BCUT2D eigenvalue weighted by Crippen LogP contribution is -2.17. The van der Waals surface area contributed by atoms with E-state index in [9.17, 15) is 22.4 Å². The van der Waals surface area contributed by atoms with Crippen LogP contribution in [0, 0.1) is 5.82 Å². The van der Waals surface area contributed by atoms with Crippen LogP contribution in [0.25, 0.3) is 17.1 Å². The average Bonchev–Trinajstić information content (AvgIpc) is 3.23. The second-order valence-corrected chi connectivity index (χ2v) is 7.71. The van der Waals surface area contributed by atoms with Crippen molar-refractivity contribution < 1.29 is 27.1 Å². The maximum absolute atomic E-state index is 13.4. The molecule has 0 aliphatic carbocycles. The molecule has 0 saturated heterocycles. The molecule has 0 unspecified atom stereocenters. The van der Waals surface area contributed by atoms with Crippen LogP contribution >= 0.6 is 11.8 Å². The minimum absolute atomic E-state index is 0.0591. The number of thioether (sulfide) groups is 1. The highest BCUT2D eigenvalue weighted by atomic mass is 32.2. The summed E-state index contributed by atoms with van der Waals surface area (Å²) in [6, 6.07) is 14.0. The summed E-state index contributed by atoms with van der Waals surface area (Å²) < 4.78 is 55.8. The van der Waals surface area contributed by atoms with Crippen molar-refractivity contribution in [1.82, 2.24) is 19.7 Å². The van der Waals surface area contributed by atoms with E-state index < -0.39 is 23.8 Å². The van der Waals surface area contributed by atoms with Crippen LogP contribution in [0.3, 0.4) is 0 Å². The molecule has 0 bridgehead atoms. The summed E-state index contributed by atoms with van der Waals surface area (Å²) in [4.78, 5) is 16.4. The molecule has 0 aliphatic rings. The van der Waals surface area contributed by atoms with Crippen molar-refractivity contribution in [3.05, 3.63) is 78.9 Å². The van der Waals surface area contributed by atoms with Gasteiger partial charge in [-0.05, 0) is 60.7 Å². The van der Waals surface area contributed by atoms with E-state index >= 15 is 0 Å². The molecule has 0 saturated carbocycles. The van der Waals surface area contributed by atoms with Crippen LogP contribution in [0.2, 0.25) is 0 Å². The molecule has 0 fully saturated rings. The maximum atomic E-state index is 13.4. The van der Waals surface area contributed by atoms with Crippen LogP contribution < -0.4 is 10.1 Å². The third-order valence-corrected chi connectivity index (χ3v) is 5.29. The molecule has 2 heterocycles. The summed E-state index contributed by atoms with van der Waals surface area (Å²) in [5, 5.41) is 11.4. The number of ether oxygens (including phenoxy) is 1. The molecule has 0 atom stereocenters. The highest BCUT2D eigenvalue weighted by molar-refractivity contribution is 7.99. The number of amides is 1. The summed E-state index contributed by atoms with van der Waals surface area (Å²) in [5.74, 6) is -0.777. The van der Waals surface area contributed by atoms with E-state index in [0.717, 1.165) is 29.5 Å². The number of rotatable bonds is 7. The van der Waals surface area contributed by atoms with Crippen LogP contribution in [0.1, 0.15) is 0 Å². The van der Waals surface area contributed by atoms with E-state index in [2.05, 4.69) is 25.2 Å². The van der Waals surface area contributed by atoms with Gasteiger partial charge in [-0.1, -0.05) is 11.8 Å². The molecule has 0 aliphatic heterocycles. The van der Waals surface area contributed by atoms with Gasteiger partial charge in [0.05, 0.1) is 5.75 Å². The molecule has 34 heavy (non-hydrogen) atoms. The van der Waals surface area contributed by atoms with Gasteiger partial charge in [-0.25, -0.2) is 4.39 Å². The molecule has 2 aromatic heterocycles. The van der Waals surface area contributed by atoms with Crippen molar-refractivity contribution in [2.75, 3.05) is 11.1 Å². The van der Waals surface area contributed by atoms with E-state index in [1.54, 1.807) is 41.2 Å². The second kappa shape index (κ2) is 9.91. The number of halogens is 4. The minimum atomic E-state index is -4.79. The van der Waals surface area contributed by atoms with Crippen molar-refractivity contribution in [2.45, 2.75) is 11.5 Å². The summed E-state index contributed by atoms with van der Waals surface area (Å²) in [7, 11) is 0. The fourth-order valence-corrected chi connectivity index (χ4v) is 3.69. The van der Waals surface area contributed by atoms with Gasteiger partial charge in [0.25, 0.3) is 0 Å². The number of alkyl halides is 3. The Kier molecular flexibility index (Phi) is 6.77. The Labute approximate surface area is 194 Å². The van der Waals surface area contributed by atoms with Crippen molar-refractivity contribution >= 4 is 23.4 Å². The van der Waals surface area contributed by atoms with E-state index in [4.69, 9.17) is 0 Å². The number of nitrogens with zero attached hydrogens (tertiary/aromatic N) is 4. The van der Waals surface area contributed by atoms with Gasteiger partial charge < -0.3 is 10.1 Å². The number of carbonyl (C=O) groups excluding carboxylic acids is 1. The molecular weight excluding hydrogens is 474 g/mol. The van der Waals surface area contributed by atoms with Gasteiger partial charge in [0.15, 0.2) is 11.0 Å². The largest absolute Gasteiger partial charge is 0.573 e. The van der Waals surface area contributed by atoms with Gasteiger partial charge in [0.2, 0.25) is 5.91 Å². The minimum Gasteiger partial charge on any atom is -0.406 e. The van der Waals surface area contributed by atoms with Crippen molar-refractivity contribution in [3.8, 4) is 22.8 Å². The molecule has 4 aromatic rings. The summed E-state index contributed by atoms with van der Waals surface area (Å²) >= 11 is 1.09. The molecule has 2 aromatic carbocycles. The van der Waals surface area contributed by atoms with Crippen molar-refractivity contribution in [2.24, 2.45) is 0 Å². The maximum Gasteiger partial charge on any atom is 0.573 e. The number of aromatic nitrogens is 4. The van der Waals surface area contributed by atoms with Gasteiger partial charge in [-0.2, -0.15) is 0 Å². The quantitative estimate of drug-likeness (QED) is 0.287. The number of hydrogen-bond acceptors (Lipinski definition) is 6. The number of carbonyl (C=O) groups is 1. The Morgan fingerprint density at radius 1 is 0.971 bits per heavy atom. The van der Waals surface area contributed by atoms with Crippen LogP contribution in [0.15, 0.2) is 78.2 Å². The highest BCUT2D eigenvalue weighted by Gasteiger charge is 2.31. The Morgan fingerprint density at radius 3 is 2.29 bits per heavy atom. The van der Waals surface area contributed by atoms with Crippen LogP contribution in [0.5, 0.6) is 5.75 Å². The van der Waals surface area contributed by atoms with E-state index in [0.29, 0.717) is 22.4 Å². The topological polar surface area (TPSA) is 81.9 Å². The van der Waals surface area contributed by atoms with Crippen LogP contribution in [0.4, 0.5) is 23.2 Å². The average molecular weight is 489 g/mol. The first-order valence-electron chi connectivity index (χ1n) is 9.69. The van der Waals surface area contributed by atoms with Crippen LogP contribution in [-0.2, 0) is 4.79 Å². The Hall–Kier alpha value is -3.93. The molecule has 4 rings (SSSR count). The van der Waals surface area contributed by atoms with Gasteiger partial charge in [0, 0.05) is 29.3 Å². The first kappa shape index (κ1) is 23.2. The van der Waals surface area contributed by atoms with Gasteiger partial charge in [-0.15, -0.1) is 23.4 Å². The molecule has 0 radical (unpaired) electrons. The highest BCUT2D eigenvalue weighted by Crippen LogP contribution is 2.28. The summed E-state index contributed by atoms with van der Waals surface area (Å²) in [5.41, 5.74) is 1.63. The van der Waals surface area contributed by atoms with E-state index in [1.165, 1.54) is 24.3 Å². The fourth-order valence-electron chi connectivity index (χ4n) is 2.94. The third kappa shape index (κ3) is 5.90. The van der Waals surface area contributed by atoms with E-state index in [1.807, 2.05) is 0 Å². The molecule has 0 spiro atoms. The molecular formula is C22H15F4N5O2S. The lowest BCUT2D eigenvalue weighted by molar-refractivity contribution is -0.274. The number of anilines is 1. The Morgan fingerprint density at radius 2 is 1.65 bits per heavy atom. The summed E-state index contributed by atoms with van der Waals surface area (Å²) in [6.45, 7) is 0. The first-order chi connectivity index (χ1) is 16.3. The number of nitrogens with one attached hydrogen (secondary N) is 1. The molecule has 1 amide bonds. The zero-order chi connectivity index (χ0) is 24.1. The molecule has 7 nitrogen and oxygen atoms in total. The number of pyridine rings is 1. The molecule has 174 valence electrons. The Balaban J connectivity index is 1.49. The van der Waals surface area contributed by atoms with Gasteiger partial charge in [-0.3, -0.25) is 14.3 Å². The number of hydrogen-bond donors (Lipinski definition) is 1. The predicted molar refractivity (Wildman–Crippen MR) is 117 cm³/mol. The van der Waals surface area contributed by atoms with Gasteiger partial charge >= 0.3 is 6.36 Å². The Bertz CT molecular complexity index is 1260. The SMILES string of the molecule is O=C(CSc1nnc(-c2ccncc2)n1-c1ccc(F)cc1)Nc1ccc(OC(F)(F)F)cc1. The first-order valence-corrected chi connectivity index (χ1v) is 10.7. The summed E-state index contributed by atoms with van der Waals surface area (Å²) in [6.07, 6.45) is -1.59. The second-order valence-electron chi connectivity index (χ2n) is 6.76. The van der Waals surface area contributed by atoms with E-state index in [-0.39, 0.29) is 5.75 Å². The van der Waals surface area contributed by atoms with Crippen molar-refractivity contribution in [3.63, 3.8) is 0 Å². The predicted octanol–water partition coefficient (Wildman–Crippen LogP) is 5.10. The fraction of sp³-hybridized carbons (Fsp3) is 0.0909. The van der Waals surface area contributed by atoms with Crippen LogP contribution in [-0.4, -0.2) is 37.8 Å². The zero-order valence-electron chi connectivity index (χ0n) is 17.2. The molecule has 12 heteroatoms. The number of benzene rings is 2. The van der Waals surface area contributed by atoms with Gasteiger partial charge in [0.1, 0.15) is 11.6 Å². The zero-order valence-corrected chi connectivity index (χ0v) is 18.0. The smallest absolute Gasteiger partial charge is 0.406 e. The lowest BCUT2D eigenvalue weighted by atomic mass is 10.2. The standard InChI is InChI=1S/C22H15F4N5O2S/c23-15-1-5-17(6-2-15)31-20(14-9-11-27-12-10-14)29-30-21(31)34-13-19(32)28-16-3-7-18(8-4-16)33-22(24,25)26/h1-12H,13H2,(H,28,32). The molecule has 1 N–H and O–H groups in total. The van der Waals surface area contributed by atoms with Crippen molar-refractivity contribution in [1.29, 1.82) is 0 Å².